The molecule has 0 amide bonds. The number of likely N-dealkylation sites (N-methyl/N-ethyl adjacent to an activating group) is 1. The fraction of sp³-hybridized carbons (Fsp3) is 0.292. The van der Waals surface area contributed by atoms with E-state index in [0.29, 0.717) is 5.02 Å². The Hall–Kier alpha value is -2.60. The molecule has 1 aliphatic heterocycles. The molecule has 0 bridgehead atoms. The van der Waals surface area contributed by atoms with Crippen molar-refractivity contribution in [2.75, 3.05) is 46.4 Å². The summed E-state index contributed by atoms with van der Waals surface area (Å²) in [6.45, 7) is 6.20. The van der Waals surface area contributed by atoms with Crippen LogP contribution in [-0.2, 0) is 0 Å². The van der Waals surface area contributed by atoms with Gasteiger partial charge in [0.25, 0.3) is 0 Å². The number of pyridine rings is 1. The lowest BCUT2D eigenvalue weighted by atomic mass is 10.0. The lowest BCUT2D eigenvalue weighted by molar-refractivity contribution is 0.134. The molecule has 3 heterocycles. The number of aromatic nitrogens is 2. The predicted octanol–water partition coefficient (Wildman–Crippen LogP) is 4.66. The number of nitrogens with zero attached hydrogens (tertiary/aromatic N) is 3. The zero-order chi connectivity index (χ0) is 20.5. The van der Waals surface area contributed by atoms with Gasteiger partial charge in [0.2, 0.25) is 0 Å². The zero-order valence-electron chi connectivity index (χ0n) is 17.1. The van der Waals surface area contributed by atoms with E-state index < -0.39 is 0 Å². The molecule has 154 valence electrons. The van der Waals surface area contributed by atoms with E-state index in [-0.39, 0.29) is 0 Å². The summed E-state index contributed by atoms with van der Waals surface area (Å²) in [7, 11) is 2.18. The second kappa shape index (κ2) is 8.26. The van der Waals surface area contributed by atoms with E-state index in [1.807, 2.05) is 18.2 Å². The van der Waals surface area contributed by atoms with E-state index in [9.17, 15) is 0 Å². The molecule has 5 rings (SSSR count). The molecule has 0 aliphatic carbocycles. The van der Waals surface area contributed by atoms with Crippen LogP contribution in [0.2, 0.25) is 5.02 Å². The van der Waals surface area contributed by atoms with Gasteiger partial charge in [-0.2, -0.15) is 0 Å². The van der Waals surface area contributed by atoms with Crippen LogP contribution in [0.4, 0.5) is 0 Å². The highest BCUT2D eigenvalue weighted by Gasteiger charge is 2.13. The number of hydrogen-bond donors (Lipinski definition) is 1. The summed E-state index contributed by atoms with van der Waals surface area (Å²) in [4.78, 5) is 12.6. The Kier molecular flexibility index (Phi) is 5.34. The van der Waals surface area contributed by atoms with Crippen LogP contribution in [-0.4, -0.2) is 66.1 Å². The summed E-state index contributed by atoms with van der Waals surface area (Å²) >= 11 is 6.43. The van der Waals surface area contributed by atoms with E-state index in [1.165, 1.54) is 0 Å². The first kappa shape index (κ1) is 19.4. The van der Waals surface area contributed by atoms with Gasteiger partial charge in [0, 0.05) is 55.2 Å². The van der Waals surface area contributed by atoms with Crippen molar-refractivity contribution in [2.45, 2.75) is 0 Å². The van der Waals surface area contributed by atoms with Crippen molar-refractivity contribution in [3.8, 4) is 16.9 Å². The number of rotatable bonds is 5. The Morgan fingerprint density at radius 1 is 1.00 bits per heavy atom. The number of piperazine rings is 1. The first-order valence-corrected chi connectivity index (χ1v) is 10.8. The minimum atomic E-state index is 0.715. The number of H-pyrrole nitrogens is 1. The number of benzene rings is 2. The van der Waals surface area contributed by atoms with Gasteiger partial charge in [-0.25, -0.2) is 4.98 Å². The van der Waals surface area contributed by atoms with Crippen LogP contribution < -0.4 is 4.74 Å². The van der Waals surface area contributed by atoms with E-state index >= 15 is 0 Å². The highest BCUT2D eigenvalue weighted by molar-refractivity contribution is 6.37. The second-order valence-electron chi connectivity index (χ2n) is 7.92. The molecular weight excluding hydrogens is 396 g/mol. The number of halogens is 1. The third kappa shape index (κ3) is 3.88. The molecule has 2 aromatic heterocycles. The molecule has 4 aromatic rings. The van der Waals surface area contributed by atoms with Crippen molar-refractivity contribution < 1.29 is 4.74 Å². The Balaban J connectivity index is 1.29. The van der Waals surface area contributed by atoms with Gasteiger partial charge in [-0.3, -0.25) is 4.90 Å². The summed E-state index contributed by atoms with van der Waals surface area (Å²) < 4.78 is 5.97. The second-order valence-corrected chi connectivity index (χ2v) is 8.33. The van der Waals surface area contributed by atoms with Crippen LogP contribution in [0.5, 0.6) is 5.75 Å². The Labute approximate surface area is 181 Å². The quantitative estimate of drug-likeness (QED) is 0.510. The average molecular weight is 421 g/mol. The molecule has 0 saturated carbocycles. The van der Waals surface area contributed by atoms with Crippen molar-refractivity contribution in [3.05, 3.63) is 59.8 Å². The van der Waals surface area contributed by atoms with Gasteiger partial charge in [-0.15, -0.1) is 0 Å². The summed E-state index contributed by atoms with van der Waals surface area (Å²) in [5, 5.41) is 2.78. The lowest BCUT2D eigenvalue weighted by Gasteiger charge is -2.32. The molecule has 0 spiro atoms. The van der Waals surface area contributed by atoms with Crippen molar-refractivity contribution in [2.24, 2.45) is 0 Å². The van der Waals surface area contributed by atoms with Crippen LogP contribution in [0.25, 0.3) is 33.1 Å². The molecule has 5 nitrogen and oxygen atoms in total. The third-order valence-corrected chi connectivity index (χ3v) is 6.22. The maximum Gasteiger partial charge on any atom is 0.139 e. The smallest absolute Gasteiger partial charge is 0.139 e. The van der Waals surface area contributed by atoms with Gasteiger partial charge in [-0.1, -0.05) is 29.8 Å². The van der Waals surface area contributed by atoms with Crippen molar-refractivity contribution >= 4 is 33.5 Å². The van der Waals surface area contributed by atoms with E-state index in [2.05, 4.69) is 57.1 Å². The number of nitrogens with one attached hydrogen (secondary N) is 1. The van der Waals surface area contributed by atoms with Crippen LogP contribution in [0, 0.1) is 0 Å². The molecule has 6 heteroatoms. The summed E-state index contributed by atoms with van der Waals surface area (Å²) in [5.41, 5.74) is 4.15. The molecule has 2 aromatic carbocycles. The van der Waals surface area contributed by atoms with Gasteiger partial charge < -0.3 is 14.6 Å². The normalized spacial score (nSPS) is 15.8. The van der Waals surface area contributed by atoms with Gasteiger partial charge in [0.05, 0.1) is 5.02 Å². The summed E-state index contributed by atoms with van der Waals surface area (Å²) in [6.07, 6.45) is 1.73. The van der Waals surface area contributed by atoms with Crippen molar-refractivity contribution in [1.29, 1.82) is 0 Å². The SMILES string of the molecule is CN1CCN(CCOc2ccc(-c3ccc4[nH]c5nccc(Cl)c5c4c3)cc2)CC1. The zero-order valence-corrected chi connectivity index (χ0v) is 17.8. The number of fused-ring (bicyclic) bond motifs is 3. The fourth-order valence-electron chi connectivity index (χ4n) is 4.06. The maximum atomic E-state index is 6.43. The van der Waals surface area contributed by atoms with Crippen molar-refractivity contribution in [1.82, 2.24) is 19.8 Å². The topological polar surface area (TPSA) is 44.4 Å². The molecule has 0 unspecified atom stereocenters. The molecule has 0 atom stereocenters. The predicted molar refractivity (Wildman–Crippen MR) is 123 cm³/mol. The Morgan fingerprint density at radius 2 is 1.77 bits per heavy atom. The monoisotopic (exact) mass is 420 g/mol. The number of hydrogen-bond acceptors (Lipinski definition) is 4. The van der Waals surface area contributed by atoms with Gasteiger partial charge in [0.15, 0.2) is 0 Å². The Bertz CT molecular complexity index is 1160. The minimum absolute atomic E-state index is 0.715. The molecule has 1 saturated heterocycles. The summed E-state index contributed by atoms with van der Waals surface area (Å²) in [6, 6.07) is 16.5. The third-order valence-electron chi connectivity index (χ3n) is 5.90. The largest absolute Gasteiger partial charge is 0.492 e. The minimum Gasteiger partial charge on any atom is -0.492 e. The highest BCUT2D eigenvalue weighted by Crippen LogP contribution is 2.33. The van der Waals surface area contributed by atoms with Crippen LogP contribution >= 0.6 is 11.6 Å². The standard InChI is InChI=1S/C24H25ClN4O/c1-28-10-12-29(13-11-28)14-15-30-19-5-2-17(3-6-19)18-4-7-22-20(16-18)23-21(25)8-9-26-24(23)27-22/h2-9,16H,10-15H2,1H3,(H,26,27). The van der Waals surface area contributed by atoms with Crippen LogP contribution in [0.15, 0.2) is 54.7 Å². The van der Waals surface area contributed by atoms with Gasteiger partial charge >= 0.3 is 0 Å². The van der Waals surface area contributed by atoms with Gasteiger partial charge in [-0.05, 0) is 48.5 Å². The molecule has 0 radical (unpaired) electrons. The molecule has 1 fully saturated rings. The number of aromatic amines is 1. The van der Waals surface area contributed by atoms with E-state index in [1.54, 1.807) is 6.20 Å². The van der Waals surface area contributed by atoms with Gasteiger partial charge in [0.1, 0.15) is 18.0 Å². The molecule has 1 N–H and O–H groups in total. The van der Waals surface area contributed by atoms with Crippen LogP contribution in [0.1, 0.15) is 0 Å². The van der Waals surface area contributed by atoms with E-state index in [4.69, 9.17) is 16.3 Å². The first-order valence-electron chi connectivity index (χ1n) is 10.4. The highest BCUT2D eigenvalue weighted by atomic mass is 35.5. The lowest BCUT2D eigenvalue weighted by Crippen LogP contribution is -2.45. The van der Waals surface area contributed by atoms with Crippen LogP contribution in [0.3, 0.4) is 0 Å². The summed E-state index contributed by atoms with van der Waals surface area (Å²) in [5.74, 6) is 0.910. The van der Waals surface area contributed by atoms with Crippen molar-refractivity contribution in [3.63, 3.8) is 0 Å². The molecule has 30 heavy (non-hydrogen) atoms. The maximum absolute atomic E-state index is 6.43. The number of ether oxygens (including phenoxy) is 1. The fourth-order valence-corrected chi connectivity index (χ4v) is 4.31. The Morgan fingerprint density at radius 3 is 2.57 bits per heavy atom. The van der Waals surface area contributed by atoms with E-state index in [0.717, 1.165) is 78.1 Å². The molecular formula is C24H25ClN4O. The average Bonchev–Trinajstić information content (AvgIpc) is 3.15. The molecule has 1 aliphatic rings. The first-order chi connectivity index (χ1) is 14.7.